The molecule has 0 heterocycles. The van der Waals surface area contributed by atoms with Gasteiger partial charge in [-0.1, -0.05) is 121 Å². The first-order chi connectivity index (χ1) is 15.9. The molecule has 6 heteroatoms. The van der Waals surface area contributed by atoms with E-state index >= 15 is 0 Å². The molecule has 0 aliphatic carbocycles. The summed E-state index contributed by atoms with van der Waals surface area (Å²) in [4.78, 5) is 25.8. The van der Waals surface area contributed by atoms with Crippen molar-refractivity contribution in [2.24, 2.45) is 5.41 Å². The van der Waals surface area contributed by atoms with Crippen LogP contribution in [-0.4, -0.2) is 18.5 Å². The van der Waals surface area contributed by atoms with Crippen LogP contribution in [0.15, 0.2) is 18.2 Å². The summed E-state index contributed by atoms with van der Waals surface area (Å²) in [7, 11) is 0. The number of carbonyl (C=O) groups excluding carboxylic acids is 2. The Balaban J connectivity index is 2.34. The quantitative estimate of drug-likeness (QED) is 0.0872. The van der Waals surface area contributed by atoms with E-state index in [-0.39, 0.29) is 28.6 Å². The van der Waals surface area contributed by atoms with Crippen LogP contribution in [0.2, 0.25) is 10.0 Å². The summed E-state index contributed by atoms with van der Waals surface area (Å²) in [6, 6.07) is 4.83. The summed E-state index contributed by atoms with van der Waals surface area (Å²) in [5, 5.41) is 0.448. The molecule has 0 N–H and O–H groups in total. The standard InChI is InChI=1S/C27H42Cl2O4/c1-4-7-8-9-10-11-12-13-14-15-16-17-21-32-25(30)27(5-2,6-3)26(31)33-24-22(28)19-18-20-23(24)29/h18-20H,4-17,21H2,1-3H3. The Morgan fingerprint density at radius 2 is 1.18 bits per heavy atom. The van der Waals surface area contributed by atoms with E-state index in [9.17, 15) is 9.59 Å². The largest absolute Gasteiger partial charge is 0.465 e. The Hall–Kier alpha value is -1.26. The maximum absolute atomic E-state index is 12.9. The van der Waals surface area contributed by atoms with Gasteiger partial charge in [-0.05, 0) is 31.4 Å². The second-order valence-electron chi connectivity index (χ2n) is 8.75. The molecule has 0 saturated heterocycles. The van der Waals surface area contributed by atoms with Crippen molar-refractivity contribution in [3.8, 4) is 5.75 Å². The molecule has 0 spiro atoms. The molecule has 0 fully saturated rings. The van der Waals surface area contributed by atoms with Gasteiger partial charge in [0.05, 0.1) is 16.7 Å². The maximum atomic E-state index is 12.9. The highest BCUT2D eigenvalue weighted by Crippen LogP contribution is 2.36. The normalized spacial score (nSPS) is 11.4. The molecule has 0 amide bonds. The summed E-state index contributed by atoms with van der Waals surface area (Å²) in [5.41, 5.74) is -1.36. The lowest BCUT2D eigenvalue weighted by atomic mass is 9.82. The second kappa shape index (κ2) is 17.2. The van der Waals surface area contributed by atoms with Gasteiger partial charge in [-0.2, -0.15) is 0 Å². The van der Waals surface area contributed by atoms with Gasteiger partial charge in [0, 0.05) is 0 Å². The van der Waals surface area contributed by atoms with Gasteiger partial charge in [-0.15, -0.1) is 0 Å². The SMILES string of the molecule is CCCCCCCCCCCCCCOC(=O)C(CC)(CC)C(=O)Oc1c(Cl)cccc1Cl. The Morgan fingerprint density at radius 1 is 0.727 bits per heavy atom. The van der Waals surface area contributed by atoms with Crippen LogP contribution in [0, 0.1) is 5.41 Å². The van der Waals surface area contributed by atoms with Gasteiger partial charge in [0.2, 0.25) is 0 Å². The zero-order chi connectivity index (χ0) is 24.5. The van der Waals surface area contributed by atoms with Crippen LogP contribution in [0.25, 0.3) is 0 Å². The molecule has 188 valence electrons. The molecule has 0 saturated carbocycles. The van der Waals surface area contributed by atoms with Crippen molar-refractivity contribution in [1.29, 1.82) is 0 Å². The van der Waals surface area contributed by atoms with E-state index in [1.54, 1.807) is 32.0 Å². The molecule has 1 aromatic rings. The van der Waals surface area contributed by atoms with Gasteiger partial charge in [0.25, 0.3) is 0 Å². The van der Waals surface area contributed by atoms with Gasteiger partial charge in [0.1, 0.15) is 0 Å². The number of hydrogen-bond acceptors (Lipinski definition) is 4. The van der Waals surface area contributed by atoms with E-state index in [4.69, 9.17) is 32.7 Å². The number of hydrogen-bond donors (Lipinski definition) is 0. The van der Waals surface area contributed by atoms with E-state index in [0.29, 0.717) is 6.61 Å². The summed E-state index contributed by atoms with van der Waals surface area (Å²) >= 11 is 12.2. The minimum absolute atomic E-state index is 0.0749. The first-order valence-corrected chi connectivity index (χ1v) is 13.5. The molecule has 1 aromatic carbocycles. The number of ether oxygens (including phenoxy) is 2. The van der Waals surface area contributed by atoms with Crippen molar-refractivity contribution < 1.29 is 19.1 Å². The molecule has 0 bridgehead atoms. The first kappa shape index (κ1) is 29.8. The fourth-order valence-electron chi connectivity index (χ4n) is 3.93. The number of carbonyl (C=O) groups is 2. The van der Waals surface area contributed by atoms with Crippen molar-refractivity contribution >= 4 is 35.1 Å². The molecule has 4 nitrogen and oxygen atoms in total. The average Bonchev–Trinajstić information content (AvgIpc) is 2.80. The zero-order valence-corrected chi connectivity index (χ0v) is 22.2. The summed E-state index contributed by atoms with van der Waals surface area (Å²) in [6.07, 6.45) is 15.4. The Kier molecular flexibility index (Phi) is 15.5. The van der Waals surface area contributed by atoms with Crippen molar-refractivity contribution in [1.82, 2.24) is 0 Å². The van der Waals surface area contributed by atoms with Gasteiger partial charge in [0.15, 0.2) is 11.2 Å². The van der Waals surface area contributed by atoms with Crippen LogP contribution in [0.3, 0.4) is 0 Å². The van der Waals surface area contributed by atoms with Crippen LogP contribution >= 0.6 is 23.2 Å². The van der Waals surface area contributed by atoms with Crippen LogP contribution in [0.1, 0.15) is 111 Å². The number of benzene rings is 1. The number of rotatable bonds is 18. The smallest absolute Gasteiger partial charge is 0.328 e. The Labute approximate surface area is 210 Å². The molecule has 0 unspecified atom stereocenters. The molecule has 0 aliphatic heterocycles. The molecule has 0 aliphatic rings. The number of esters is 2. The highest BCUT2D eigenvalue weighted by molar-refractivity contribution is 6.37. The van der Waals surface area contributed by atoms with Crippen LogP contribution < -0.4 is 4.74 Å². The third-order valence-electron chi connectivity index (χ3n) is 6.33. The third kappa shape index (κ3) is 10.3. The molecule has 0 radical (unpaired) electrons. The van der Waals surface area contributed by atoms with Crippen LogP contribution in [0.4, 0.5) is 0 Å². The number of para-hydroxylation sites is 1. The Morgan fingerprint density at radius 3 is 1.64 bits per heavy atom. The van der Waals surface area contributed by atoms with Crippen LogP contribution in [0.5, 0.6) is 5.75 Å². The highest BCUT2D eigenvalue weighted by atomic mass is 35.5. The fourth-order valence-corrected chi connectivity index (χ4v) is 4.40. The minimum atomic E-state index is -1.36. The molecule has 0 aromatic heterocycles. The van der Waals surface area contributed by atoms with Gasteiger partial charge in [-0.25, -0.2) is 0 Å². The Bertz CT molecular complexity index is 681. The lowest BCUT2D eigenvalue weighted by Crippen LogP contribution is -2.42. The van der Waals surface area contributed by atoms with E-state index in [1.807, 2.05) is 0 Å². The van der Waals surface area contributed by atoms with Crippen molar-refractivity contribution in [2.75, 3.05) is 6.61 Å². The maximum Gasteiger partial charge on any atom is 0.328 e. The summed E-state index contributed by atoms with van der Waals surface area (Å²) in [6.45, 7) is 6.13. The van der Waals surface area contributed by atoms with Crippen molar-refractivity contribution in [3.05, 3.63) is 28.2 Å². The average molecular weight is 502 g/mol. The highest BCUT2D eigenvalue weighted by Gasteiger charge is 2.46. The second-order valence-corrected chi connectivity index (χ2v) is 9.57. The van der Waals surface area contributed by atoms with E-state index in [2.05, 4.69) is 6.92 Å². The van der Waals surface area contributed by atoms with E-state index in [0.717, 1.165) is 19.3 Å². The fraction of sp³-hybridized carbons (Fsp3) is 0.704. The molecule has 1 rings (SSSR count). The van der Waals surface area contributed by atoms with Gasteiger partial charge < -0.3 is 9.47 Å². The van der Waals surface area contributed by atoms with Gasteiger partial charge >= 0.3 is 11.9 Å². The first-order valence-electron chi connectivity index (χ1n) is 12.8. The molecular weight excluding hydrogens is 459 g/mol. The number of halogens is 2. The lowest BCUT2D eigenvalue weighted by Gasteiger charge is -2.27. The minimum Gasteiger partial charge on any atom is -0.465 e. The molecule has 33 heavy (non-hydrogen) atoms. The zero-order valence-electron chi connectivity index (χ0n) is 20.7. The van der Waals surface area contributed by atoms with Gasteiger partial charge in [-0.3, -0.25) is 9.59 Å². The molecule has 0 atom stereocenters. The molecular formula is C27H42Cl2O4. The van der Waals surface area contributed by atoms with Crippen molar-refractivity contribution in [2.45, 2.75) is 111 Å². The van der Waals surface area contributed by atoms with E-state index in [1.165, 1.54) is 57.8 Å². The lowest BCUT2D eigenvalue weighted by molar-refractivity contribution is -0.168. The predicted octanol–water partition coefficient (Wildman–Crippen LogP) is 8.95. The third-order valence-corrected chi connectivity index (χ3v) is 6.93. The topological polar surface area (TPSA) is 52.6 Å². The van der Waals surface area contributed by atoms with Crippen molar-refractivity contribution in [3.63, 3.8) is 0 Å². The number of unbranched alkanes of at least 4 members (excludes halogenated alkanes) is 11. The van der Waals surface area contributed by atoms with Crippen LogP contribution in [-0.2, 0) is 14.3 Å². The summed E-state index contributed by atoms with van der Waals surface area (Å²) in [5.74, 6) is -1.14. The monoisotopic (exact) mass is 500 g/mol. The van der Waals surface area contributed by atoms with E-state index < -0.39 is 17.4 Å². The predicted molar refractivity (Wildman–Crippen MR) is 137 cm³/mol. The summed E-state index contributed by atoms with van der Waals surface area (Å²) < 4.78 is 11.0.